The van der Waals surface area contributed by atoms with E-state index in [2.05, 4.69) is 37.9 Å². The molecule has 102 valence electrons. The fourth-order valence-corrected chi connectivity index (χ4v) is 2.45. The number of rotatable bonds is 9. The number of likely N-dealkylation sites (N-methyl/N-ethyl adjacent to an activating group) is 1. The Morgan fingerprint density at radius 2 is 1.82 bits per heavy atom. The third kappa shape index (κ3) is 4.57. The van der Waals surface area contributed by atoms with Crippen molar-refractivity contribution in [2.45, 2.75) is 46.6 Å². The maximum absolute atomic E-state index is 9.93. The quantitative estimate of drug-likeness (QED) is 0.646. The number of hydrogen-bond acceptors (Lipinski definition) is 3. The summed E-state index contributed by atoms with van der Waals surface area (Å²) in [7, 11) is 0. The SMILES string of the molecule is CCN(CC)CC(O)CNCC1(C(C)C)CC1. The summed E-state index contributed by atoms with van der Waals surface area (Å²) >= 11 is 0. The second-order valence-electron chi connectivity index (χ2n) is 5.79. The molecule has 0 aromatic rings. The number of nitrogens with one attached hydrogen (secondary N) is 1. The first-order valence-electron chi connectivity index (χ1n) is 7.15. The molecule has 1 unspecified atom stereocenters. The molecule has 0 bridgehead atoms. The average Bonchev–Trinajstić information content (AvgIpc) is 3.07. The van der Waals surface area contributed by atoms with Crippen LogP contribution >= 0.6 is 0 Å². The van der Waals surface area contributed by atoms with Crippen molar-refractivity contribution < 1.29 is 5.11 Å². The van der Waals surface area contributed by atoms with Gasteiger partial charge in [0, 0.05) is 19.6 Å². The lowest BCUT2D eigenvalue weighted by Gasteiger charge is -2.24. The van der Waals surface area contributed by atoms with Crippen molar-refractivity contribution in [2.24, 2.45) is 11.3 Å². The summed E-state index contributed by atoms with van der Waals surface area (Å²) in [4.78, 5) is 2.27. The van der Waals surface area contributed by atoms with E-state index in [-0.39, 0.29) is 6.10 Å². The normalized spacial score (nSPS) is 19.9. The number of nitrogens with zero attached hydrogens (tertiary/aromatic N) is 1. The molecule has 1 aliphatic carbocycles. The van der Waals surface area contributed by atoms with Crippen LogP contribution in [0.5, 0.6) is 0 Å². The van der Waals surface area contributed by atoms with Crippen molar-refractivity contribution >= 4 is 0 Å². The number of hydrogen-bond donors (Lipinski definition) is 2. The van der Waals surface area contributed by atoms with E-state index >= 15 is 0 Å². The van der Waals surface area contributed by atoms with Gasteiger partial charge in [-0.2, -0.15) is 0 Å². The van der Waals surface area contributed by atoms with E-state index in [0.29, 0.717) is 5.41 Å². The zero-order valence-electron chi connectivity index (χ0n) is 12.0. The fourth-order valence-electron chi connectivity index (χ4n) is 2.45. The van der Waals surface area contributed by atoms with Gasteiger partial charge in [-0.15, -0.1) is 0 Å². The molecule has 0 spiro atoms. The van der Waals surface area contributed by atoms with Gasteiger partial charge in [0.1, 0.15) is 0 Å². The van der Waals surface area contributed by atoms with E-state index in [1.807, 2.05) is 0 Å². The lowest BCUT2D eigenvalue weighted by molar-refractivity contribution is 0.114. The zero-order chi connectivity index (χ0) is 12.9. The van der Waals surface area contributed by atoms with Gasteiger partial charge in [-0.1, -0.05) is 27.7 Å². The summed E-state index contributed by atoms with van der Waals surface area (Å²) in [5, 5.41) is 13.4. The van der Waals surface area contributed by atoms with Crippen molar-refractivity contribution in [3.05, 3.63) is 0 Å². The van der Waals surface area contributed by atoms with Crippen LogP contribution in [-0.2, 0) is 0 Å². The van der Waals surface area contributed by atoms with Crippen LogP contribution in [0.1, 0.15) is 40.5 Å². The molecule has 2 N–H and O–H groups in total. The van der Waals surface area contributed by atoms with Gasteiger partial charge in [0.25, 0.3) is 0 Å². The molecular weight excluding hydrogens is 212 g/mol. The summed E-state index contributed by atoms with van der Waals surface area (Å²) in [6.07, 6.45) is 2.46. The number of aliphatic hydroxyl groups is 1. The largest absolute Gasteiger partial charge is 0.390 e. The maximum Gasteiger partial charge on any atom is 0.0791 e. The summed E-state index contributed by atoms with van der Waals surface area (Å²) in [5.74, 6) is 0.759. The topological polar surface area (TPSA) is 35.5 Å². The van der Waals surface area contributed by atoms with Crippen LogP contribution in [0.4, 0.5) is 0 Å². The van der Waals surface area contributed by atoms with E-state index in [0.717, 1.165) is 38.6 Å². The maximum atomic E-state index is 9.93. The molecule has 0 aliphatic heterocycles. The van der Waals surface area contributed by atoms with Gasteiger partial charge in [-0.05, 0) is 37.3 Å². The summed E-state index contributed by atoms with van der Waals surface area (Å²) in [6.45, 7) is 13.5. The van der Waals surface area contributed by atoms with Crippen LogP contribution in [0.3, 0.4) is 0 Å². The minimum atomic E-state index is -0.238. The van der Waals surface area contributed by atoms with Crippen molar-refractivity contribution in [3.8, 4) is 0 Å². The fraction of sp³-hybridized carbons (Fsp3) is 1.00. The predicted octanol–water partition coefficient (Wildman–Crippen LogP) is 1.71. The highest BCUT2D eigenvalue weighted by atomic mass is 16.3. The average molecular weight is 242 g/mol. The molecule has 1 fully saturated rings. The van der Waals surface area contributed by atoms with Crippen LogP contribution in [0, 0.1) is 11.3 Å². The highest BCUT2D eigenvalue weighted by Gasteiger charge is 2.44. The van der Waals surface area contributed by atoms with E-state index in [9.17, 15) is 5.11 Å². The Morgan fingerprint density at radius 3 is 2.24 bits per heavy atom. The lowest BCUT2D eigenvalue weighted by atomic mass is 9.92. The van der Waals surface area contributed by atoms with E-state index in [1.165, 1.54) is 12.8 Å². The third-order valence-corrected chi connectivity index (χ3v) is 4.34. The Kier molecular flexibility index (Phi) is 5.90. The molecule has 0 radical (unpaired) electrons. The van der Waals surface area contributed by atoms with E-state index in [1.54, 1.807) is 0 Å². The summed E-state index contributed by atoms with van der Waals surface area (Å²) in [5.41, 5.74) is 0.537. The summed E-state index contributed by atoms with van der Waals surface area (Å²) < 4.78 is 0. The molecule has 0 aromatic carbocycles. The van der Waals surface area contributed by atoms with Crippen molar-refractivity contribution in [2.75, 3.05) is 32.7 Å². The Labute approximate surface area is 107 Å². The Hall–Kier alpha value is -0.120. The summed E-state index contributed by atoms with van der Waals surface area (Å²) in [6, 6.07) is 0. The smallest absolute Gasteiger partial charge is 0.0791 e. The standard InChI is InChI=1S/C14H30N2O/c1-5-16(6-2)10-13(17)9-15-11-14(7-8-14)12(3)4/h12-13,15,17H,5-11H2,1-4H3. The van der Waals surface area contributed by atoms with E-state index < -0.39 is 0 Å². The van der Waals surface area contributed by atoms with Crippen molar-refractivity contribution in [3.63, 3.8) is 0 Å². The minimum absolute atomic E-state index is 0.238. The Morgan fingerprint density at radius 1 is 1.24 bits per heavy atom. The van der Waals surface area contributed by atoms with Gasteiger partial charge in [0.2, 0.25) is 0 Å². The van der Waals surface area contributed by atoms with Crippen molar-refractivity contribution in [1.29, 1.82) is 0 Å². The Bertz CT molecular complexity index is 210. The molecule has 1 atom stereocenters. The molecule has 0 saturated heterocycles. The first kappa shape index (κ1) is 14.9. The van der Waals surface area contributed by atoms with Crippen LogP contribution in [0.15, 0.2) is 0 Å². The van der Waals surface area contributed by atoms with Crippen LogP contribution in [-0.4, -0.2) is 48.8 Å². The van der Waals surface area contributed by atoms with Crippen LogP contribution in [0.2, 0.25) is 0 Å². The van der Waals surface area contributed by atoms with Crippen molar-refractivity contribution in [1.82, 2.24) is 10.2 Å². The highest BCUT2D eigenvalue weighted by molar-refractivity contribution is 4.97. The number of aliphatic hydroxyl groups excluding tert-OH is 1. The first-order chi connectivity index (χ1) is 8.04. The third-order valence-electron chi connectivity index (χ3n) is 4.34. The molecular formula is C14H30N2O. The van der Waals surface area contributed by atoms with Gasteiger partial charge in [-0.3, -0.25) is 0 Å². The van der Waals surface area contributed by atoms with Gasteiger partial charge < -0.3 is 15.3 Å². The molecule has 0 heterocycles. The van der Waals surface area contributed by atoms with E-state index in [4.69, 9.17) is 0 Å². The minimum Gasteiger partial charge on any atom is -0.390 e. The second-order valence-corrected chi connectivity index (χ2v) is 5.79. The first-order valence-corrected chi connectivity index (χ1v) is 7.15. The Balaban J connectivity index is 2.14. The van der Waals surface area contributed by atoms with Gasteiger partial charge in [0.05, 0.1) is 6.10 Å². The molecule has 3 heteroatoms. The molecule has 1 saturated carbocycles. The molecule has 17 heavy (non-hydrogen) atoms. The van der Waals surface area contributed by atoms with Crippen LogP contribution < -0.4 is 5.32 Å². The molecule has 3 nitrogen and oxygen atoms in total. The van der Waals surface area contributed by atoms with Crippen LogP contribution in [0.25, 0.3) is 0 Å². The molecule has 0 aromatic heterocycles. The monoisotopic (exact) mass is 242 g/mol. The van der Waals surface area contributed by atoms with Gasteiger partial charge in [0.15, 0.2) is 0 Å². The molecule has 1 aliphatic rings. The predicted molar refractivity (Wildman–Crippen MR) is 73.2 cm³/mol. The zero-order valence-corrected chi connectivity index (χ0v) is 12.0. The lowest BCUT2D eigenvalue weighted by Crippen LogP contribution is -2.40. The highest BCUT2D eigenvalue weighted by Crippen LogP contribution is 2.51. The van der Waals surface area contributed by atoms with Gasteiger partial charge in [-0.25, -0.2) is 0 Å². The molecule has 1 rings (SSSR count). The van der Waals surface area contributed by atoms with Gasteiger partial charge >= 0.3 is 0 Å². The second kappa shape index (κ2) is 6.72. The molecule has 0 amide bonds.